The van der Waals surface area contributed by atoms with E-state index < -0.39 is 0 Å². The molecule has 13 heavy (non-hydrogen) atoms. The molecule has 0 aromatic rings. The molecule has 1 atom stereocenters. The second-order valence-corrected chi connectivity index (χ2v) is 3.49. The van der Waals surface area contributed by atoms with Crippen molar-refractivity contribution in [1.82, 2.24) is 4.90 Å². The molecule has 0 heterocycles. The fraction of sp³-hybridized carbons (Fsp3) is 0.900. The first-order valence-corrected chi connectivity index (χ1v) is 4.95. The lowest BCUT2D eigenvalue weighted by Gasteiger charge is -2.26. The summed E-state index contributed by atoms with van der Waals surface area (Å²) in [6, 6.07) is -0.0758. The van der Waals surface area contributed by atoms with E-state index in [-0.39, 0.29) is 24.5 Å². The number of carbonyl (C=O) groups excluding carboxylic acids is 1. The van der Waals surface area contributed by atoms with Crippen molar-refractivity contribution >= 4 is 5.91 Å². The van der Waals surface area contributed by atoms with E-state index in [9.17, 15) is 4.79 Å². The normalized spacial score (nSPS) is 13.1. The molecule has 1 amide bonds. The highest BCUT2D eigenvalue weighted by molar-refractivity contribution is 5.78. The van der Waals surface area contributed by atoms with E-state index in [1.165, 1.54) is 0 Å². The molecular weight excluding hydrogens is 166 g/mol. The summed E-state index contributed by atoms with van der Waals surface area (Å²) in [5, 5.41) is 8.89. The Bertz CT molecular complexity index is 155. The van der Waals surface area contributed by atoms with Crippen LogP contribution in [0, 0.1) is 5.92 Å². The van der Waals surface area contributed by atoms with Gasteiger partial charge in [-0.05, 0) is 19.8 Å². The zero-order chi connectivity index (χ0) is 10.4. The summed E-state index contributed by atoms with van der Waals surface area (Å²) in [4.78, 5) is 13.4. The molecule has 1 N–H and O–H groups in total. The van der Waals surface area contributed by atoms with Crippen molar-refractivity contribution in [3.63, 3.8) is 0 Å². The summed E-state index contributed by atoms with van der Waals surface area (Å²) in [6.45, 7) is 5.91. The summed E-state index contributed by atoms with van der Waals surface area (Å²) in [5.74, 6) is 0.255. The summed E-state index contributed by atoms with van der Waals surface area (Å²) in [7, 11) is 1.75. The van der Waals surface area contributed by atoms with Gasteiger partial charge in [-0.15, -0.1) is 0 Å². The molecule has 0 aromatic carbocycles. The van der Waals surface area contributed by atoms with Gasteiger partial charge in [0.25, 0.3) is 0 Å². The first-order valence-electron chi connectivity index (χ1n) is 4.95. The standard InChI is InChI=1S/C10H21NO2/c1-5-9(6-2)10(13)11(4)8(3)7-12/h8-9,12H,5-7H2,1-4H3. The van der Waals surface area contributed by atoms with Crippen LogP contribution < -0.4 is 0 Å². The van der Waals surface area contributed by atoms with Crippen molar-refractivity contribution in [2.75, 3.05) is 13.7 Å². The maximum absolute atomic E-state index is 11.7. The lowest BCUT2D eigenvalue weighted by Crippen LogP contribution is -2.40. The molecule has 3 heteroatoms. The predicted molar refractivity (Wildman–Crippen MR) is 53.4 cm³/mol. The topological polar surface area (TPSA) is 40.5 Å². The second kappa shape index (κ2) is 5.97. The molecule has 0 saturated carbocycles. The van der Waals surface area contributed by atoms with E-state index in [0.29, 0.717) is 0 Å². The Morgan fingerprint density at radius 1 is 1.38 bits per heavy atom. The van der Waals surface area contributed by atoms with Crippen molar-refractivity contribution in [1.29, 1.82) is 0 Å². The van der Waals surface area contributed by atoms with Crippen LogP contribution in [0.2, 0.25) is 0 Å². The molecule has 0 bridgehead atoms. The number of rotatable bonds is 5. The van der Waals surface area contributed by atoms with Gasteiger partial charge in [0.1, 0.15) is 0 Å². The Morgan fingerprint density at radius 2 is 1.85 bits per heavy atom. The van der Waals surface area contributed by atoms with Gasteiger partial charge in [-0.3, -0.25) is 4.79 Å². The number of hydrogen-bond acceptors (Lipinski definition) is 2. The largest absolute Gasteiger partial charge is 0.394 e. The third-order valence-corrected chi connectivity index (χ3v) is 2.61. The quantitative estimate of drug-likeness (QED) is 0.704. The van der Waals surface area contributed by atoms with Gasteiger partial charge < -0.3 is 10.0 Å². The van der Waals surface area contributed by atoms with Crippen LogP contribution in [0.1, 0.15) is 33.6 Å². The second-order valence-electron chi connectivity index (χ2n) is 3.49. The van der Waals surface area contributed by atoms with Crippen LogP contribution in [-0.2, 0) is 4.79 Å². The van der Waals surface area contributed by atoms with Gasteiger partial charge in [0.15, 0.2) is 0 Å². The highest BCUT2D eigenvalue weighted by atomic mass is 16.3. The van der Waals surface area contributed by atoms with Crippen molar-refractivity contribution in [2.24, 2.45) is 5.92 Å². The summed E-state index contributed by atoms with van der Waals surface area (Å²) >= 11 is 0. The van der Waals surface area contributed by atoms with Crippen LogP contribution in [0.15, 0.2) is 0 Å². The van der Waals surface area contributed by atoms with Crippen LogP contribution in [0.25, 0.3) is 0 Å². The molecule has 0 radical (unpaired) electrons. The SMILES string of the molecule is CCC(CC)C(=O)N(C)C(C)CO. The lowest BCUT2D eigenvalue weighted by atomic mass is 10.0. The van der Waals surface area contributed by atoms with Gasteiger partial charge in [-0.25, -0.2) is 0 Å². The van der Waals surface area contributed by atoms with E-state index in [0.717, 1.165) is 12.8 Å². The third-order valence-electron chi connectivity index (χ3n) is 2.61. The number of aliphatic hydroxyl groups excluding tert-OH is 1. The Balaban J connectivity index is 4.22. The number of hydrogen-bond donors (Lipinski definition) is 1. The molecule has 0 spiro atoms. The Kier molecular flexibility index (Phi) is 5.71. The first kappa shape index (κ1) is 12.4. The van der Waals surface area contributed by atoms with Crippen molar-refractivity contribution in [2.45, 2.75) is 39.7 Å². The van der Waals surface area contributed by atoms with Crippen molar-refractivity contribution < 1.29 is 9.90 Å². The van der Waals surface area contributed by atoms with Crippen LogP contribution in [-0.4, -0.2) is 35.6 Å². The zero-order valence-corrected chi connectivity index (χ0v) is 9.08. The average molecular weight is 187 g/mol. The molecule has 0 saturated heterocycles. The van der Waals surface area contributed by atoms with Crippen LogP contribution in [0.5, 0.6) is 0 Å². The Labute approximate surface area is 80.7 Å². The molecule has 0 aromatic heterocycles. The van der Waals surface area contributed by atoms with Crippen LogP contribution in [0.4, 0.5) is 0 Å². The van der Waals surface area contributed by atoms with Gasteiger partial charge in [0.05, 0.1) is 12.6 Å². The minimum atomic E-state index is -0.0758. The molecule has 3 nitrogen and oxygen atoms in total. The lowest BCUT2D eigenvalue weighted by molar-refractivity contribution is -0.137. The number of nitrogens with zero attached hydrogens (tertiary/aromatic N) is 1. The smallest absolute Gasteiger partial charge is 0.225 e. The van der Waals surface area contributed by atoms with Gasteiger partial charge in [0, 0.05) is 13.0 Å². The minimum Gasteiger partial charge on any atom is -0.394 e. The Hall–Kier alpha value is -0.570. The number of carbonyl (C=O) groups is 1. The summed E-state index contributed by atoms with van der Waals surface area (Å²) in [6.07, 6.45) is 1.75. The number of aliphatic hydroxyl groups is 1. The number of amides is 1. The van der Waals surface area contributed by atoms with Crippen LogP contribution in [0.3, 0.4) is 0 Å². The van der Waals surface area contributed by atoms with E-state index in [1.54, 1.807) is 11.9 Å². The highest BCUT2D eigenvalue weighted by Gasteiger charge is 2.21. The molecule has 0 rings (SSSR count). The van der Waals surface area contributed by atoms with Crippen LogP contribution >= 0.6 is 0 Å². The maximum atomic E-state index is 11.7. The average Bonchev–Trinajstić information content (AvgIpc) is 2.17. The molecule has 0 aliphatic carbocycles. The predicted octanol–water partition coefficient (Wildman–Crippen LogP) is 1.26. The number of likely N-dealkylation sites (N-methyl/N-ethyl adjacent to an activating group) is 1. The summed E-state index contributed by atoms with van der Waals surface area (Å²) in [5.41, 5.74) is 0. The molecule has 0 fully saturated rings. The highest BCUT2D eigenvalue weighted by Crippen LogP contribution is 2.12. The fourth-order valence-electron chi connectivity index (χ4n) is 1.27. The van der Waals surface area contributed by atoms with Gasteiger partial charge in [-0.1, -0.05) is 13.8 Å². The van der Waals surface area contributed by atoms with Gasteiger partial charge in [0.2, 0.25) is 5.91 Å². The minimum absolute atomic E-state index is 0.0301. The van der Waals surface area contributed by atoms with Gasteiger partial charge in [-0.2, -0.15) is 0 Å². The molecule has 0 aliphatic heterocycles. The molecule has 78 valence electrons. The summed E-state index contributed by atoms with van der Waals surface area (Å²) < 4.78 is 0. The fourth-order valence-corrected chi connectivity index (χ4v) is 1.27. The van der Waals surface area contributed by atoms with E-state index in [4.69, 9.17) is 5.11 Å². The monoisotopic (exact) mass is 187 g/mol. The maximum Gasteiger partial charge on any atom is 0.225 e. The molecule has 1 unspecified atom stereocenters. The third kappa shape index (κ3) is 3.35. The van der Waals surface area contributed by atoms with E-state index >= 15 is 0 Å². The van der Waals surface area contributed by atoms with Crippen molar-refractivity contribution in [3.05, 3.63) is 0 Å². The molecule has 0 aliphatic rings. The first-order chi connectivity index (χ1) is 6.08. The zero-order valence-electron chi connectivity index (χ0n) is 9.08. The Morgan fingerprint density at radius 3 is 2.15 bits per heavy atom. The van der Waals surface area contributed by atoms with Crippen molar-refractivity contribution in [3.8, 4) is 0 Å². The van der Waals surface area contributed by atoms with E-state index in [1.807, 2.05) is 20.8 Å². The van der Waals surface area contributed by atoms with Gasteiger partial charge >= 0.3 is 0 Å². The van der Waals surface area contributed by atoms with E-state index in [2.05, 4.69) is 0 Å². The molecular formula is C10H21NO2.